The third-order valence-corrected chi connectivity index (χ3v) is 4.90. The zero-order chi connectivity index (χ0) is 21.1. The molecule has 0 bridgehead atoms. The van der Waals surface area contributed by atoms with E-state index in [0.717, 1.165) is 23.0 Å². The van der Waals surface area contributed by atoms with Crippen LogP contribution in [0.1, 0.15) is 39.0 Å². The number of nitrogens with zero attached hydrogens (tertiary/aromatic N) is 3. The summed E-state index contributed by atoms with van der Waals surface area (Å²) in [6.07, 6.45) is 0.704. The van der Waals surface area contributed by atoms with Gasteiger partial charge in [-0.3, -0.25) is 10.8 Å². The van der Waals surface area contributed by atoms with Crippen LogP contribution >= 0.6 is 23.4 Å². The molecule has 0 radical (unpaired) electrons. The molecular formula is C17H26ClN7O2S. The Bertz CT molecular complexity index is 782. The van der Waals surface area contributed by atoms with Gasteiger partial charge in [0.1, 0.15) is 11.4 Å². The number of ether oxygens (including phenoxy) is 1. The maximum absolute atomic E-state index is 12.4. The smallest absolute Gasteiger partial charge is 0.410 e. The Labute approximate surface area is 173 Å². The number of amides is 1. The maximum Gasteiger partial charge on any atom is 0.410 e. The van der Waals surface area contributed by atoms with Crippen molar-refractivity contribution in [3.05, 3.63) is 16.5 Å². The molecule has 0 aromatic carbocycles. The monoisotopic (exact) mass is 427 g/mol. The number of halogens is 1. The Morgan fingerprint density at radius 1 is 1.32 bits per heavy atom. The maximum atomic E-state index is 12.4. The molecule has 9 nitrogen and oxygen atoms in total. The predicted octanol–water partition coefficient (Wildman–Crippen LogP) is 2.87. The molecule has 2 rings (SSSR count). The lowest BCUT2D eigenvalue weighted by Gasteiger charge is -2.26. The van der Waals surface area contributed by atoms with Crippen LogP contribution in [-0.4, -0.2) is 55.9 Å². The third kappa shape index (κ3) is 6.23. The molecule has 1 aliphatic rings. The molecule has 1 aromatic rings. The SMILES string of the molecule is CC(Nc1nc(Cl)nc2c1CCN(C(=O)OC(C)(C)C)CC2)C(=N)SC(=N)N. The molecule has 0 fully saturated rings. The molecule has 2 heterocycles. The minimum atomic E-state index is -0.559. The zero-order valence-corrected chi connectivity index (χ0v) is 18.0. The van der Waals surface area contributed by atoms with Crippen LogP contribution in [-0.2, 0) is 17.6 Å². The zero-order valence-electron chi connectivity index (χ0n) is 16.4. The van der Waals surface area contributed by atoms with E-state index in [1.165, 1.54) is 0 Å². The molecule has 28 heavy (non-hydrogen) atoms. The summed E-state index contributed by atoms with van der Waals surface area (Å²) in [4.78, 5) is 22.7. The van der Waals surface area contributed by atoms with E-state index in [4.69, 9.17) is 32.9 Å². The lowest BCUT2D eigenvalue weighted by Crippen LogP contribution is -2.38. The molecule has 0 spiro atoms. The number of nitrogens with one attached hydrogen (secondary N) is 3. The average Bonchev–Trinajstić information content (AvgIpc) is 2.75. The highest BCUT2D eigenvalue weighted by atomic mass is 35.5. The molecule has 11 heteroatoms. The number of carbonyl (C=O) groups is 1. The first-order valence-electron chi connectivity index (χ1n) is 8.86. The van der Waals surface area contributed by atoms with Crippen LogP contribution in [0.5, 0.6) is 0 Å². The van der Waals surface area contributed by atoms with E-state index in [1.807, 2.05) is 20.8 Å². The van der Waals surface area contributed by atoms with E-state index < -0.39 is 11.6 Å². The predicted molar refractivity (Wildman–Crippen MR) is 113 cm³/mol. The van der Waals surface area contributed by atoms with Gasteiger partial charge in [0.15, 0.2) is 5.17 Å². The quantitative estimate of drug-likeness (QED) is 0.330. The van der Waals surface area contributed by atoms with Gasteiger partial charge in [0, 0.05) is 25.1 Å². The Morgan fingerprint density at radius 3 is 2.57 bits per heavy atom. The Hall–Kier alpha value is -2.07. The first kappa shape index (κ1) is 22.2. The number of fused-ring (bicyclic) bond motifs is 1. The second-order valence-electron chi connectivity index (χ2n) is 7.43. The summed E-state index contributed by atoms with van der Waals surface area (Å²) in [6, 6.07) is -0.408. The van der Waals surface area contributed by atoms with Crippen molar-refractivity contribution < 1.29 is 9.53 Å². The number of carbonyl (C=O) groups excluding carboxylic acids is 1. The van der Waals surface area contributed by atoms with Gasteiger partial charge in [-0.05, 0) is 57.5 Å². The summed E-state index contributed by atoms with van der Waals surface area (Å²) >= 11 is 6.96. The number of anilines is 1. The van der Waals surface area contributed by atoms with Gasteiger partial charge in [0.25, 0.3) is 0 Å². The lowest BCUT2D eigenvalue weighted by atomic mass is 10.1. The van der Waals surface area contributed by atoms with Crippen molar-refractivity contribution in [1.82, 2.24) is 14.9 Å². The third-order valence-electron chi connectivity index (χ3n) is 3.93. The molecule has 0 saturated carbocycles. The molecule has 1 unspecified atom stereocenters. The van der Waals surface area contributed by atoms with E-state index in [-0.39, 0.29) is 21.6 Å². The summed E-state index contributed by atoms with van der Waals surface area (Å²) in [5.41, 5.74) is 6.42. The summed E-state index contributed by atoms with van der Waals surface area (Å²) in [5.74, 6) is 0.530. The number of thioether (sulfide) groups is 1. The van der Waals surface area contributed by atoms with Crippen LogP contribution in [0.2, 0.25) is 5.28 Å². The van der Waals surface area contributed by atoms with Crippen molar-refractivity contribution in [3.8, 4) is 0 Å². The molecule has 5 N–H and O–H groups in total. The fraction of sp³-hybridized carbons (Fsp3) is 0.588. The summed E-state index contributed by atoms with van der Waals surface area (Å²) < 4.78 is 5.46. The molecule has 0 aliphatic carbocycles. The summed E-state index contributed by atoms with van der Waals surface area (Å²) in [5, 5.41) is 18.6. The minimum absolute atomic E-state index is 0.102. The highest BCUT2D eigenvalue weighted by Gasteiger charge is 2.27. The fourth-order valence-electron chi connectivity index (χ4n) is 2.68. The van der Waals surface area contributed by atoms with E-state index in [9.17, 15) is 4.79 Å². The number of hydrogen-bond acceptors (Lipinski definition) is 8. The Kier molecular flexibility index (Phi) is 7.11. The lowest BCUT2D eigenvalue weighted by molar-refractivity contribution is 0.0258. The van der Waals surface area contributed by atoms with Gasteiger partial charge in [0.2, 0.25) is 5.28 Å². The average molecular weight is 428 g/mol. The van der Waals surface area contributed by atoms with E-state index in [2.05, 4.69) is 15.3 Å². The van der Waals surface area contributed by atoms with E-state index in [1.54, 1.807) is 11.8 Å². The molecule has 1 amide bonds. The highest BCUT2D eigenvalue weighted by Crippen LogP contribution is 2.25. The molecule has 1 atom stereocenters. The van der Waals surface area contributed by atoms with Gasteiger partial charge in [0.05, 0.1) is 16.8 Å². The summed E-state index contributed by atoms with van der Waals surface area (Å²) in [6.45, 7) is 8.22. The van der Waals surface area contributed by atoms with Gasteiger partial charge in [-0.1, -0.05) is 0 Å². The number of amidine groups is 1. The van der Waals surface area contributed by atoms with Gasteiger partial charge < -0.3 is 20.7 Å². The number of hydrogen-bond donors (Lipinski definition) is 4. The van der Waals surface area contributed by atoms with Crippen molar-refractivity contribution in [2.75, 3.05) is 18.4 Å². The standard InChI is InChI=1S/C17H26ClN7O2S/c1-9(12(19)28-15(20)21)22-13-10-5-7-25(16(26)27-17(2,3)4)8-6-11(10)23-14(18)24-13/h9,19H,5-8H2,1-4H3,(H3,20,21)(H,22,23,24). The van der Waals surface area contributed by atoms with Gasteiger partial charge >= 0.3 is 6.09 Å². The van der Waals surface area contributed by atoms with Crippen molar-refractivity contribution in [3.63, 3.8) is 0 Å². The van der Waals surface area contributed by atoms with E-state index in [0.29, 0.717) is 31.7 Å². The molecule has 1 aliphatic heterocycles. The second-order valence-corrected chi connectivity index (χ2v) is 8.85. The molecule has 154 valence electrons. The van der Waals surface area contributed by atoms with Gasteiger partial charge in [-0.25, -0.2) is 14.8 Å². The Balaban J connectivity index is 2.18. The van der Waals surface area contributed by atoms with Crippen LogP contribution in [0.4, 0.5) is 10.6 Å². The number of nitrogens with two attached hydrogens (primary N) is 1. The first-order chi connectivity index (χ1) is 13.0. The van der Waals surface area contributed by atoms with Crippen molar-refractivity contribution in [1.29, 1.82) is 10.8 Å². The van der Waals surface area contributed by atoms with Crippen LogP contribution < -0.4 is 11.1 Å². The van der Waals surface area contributed by atoms with E-state index >= 15 is 0 Å². The Morgan fingerprint density at radius 2 is 1.96 bits per heavy atom. The van der Waals surface area contributed by atoms with Crippen LogP contribution in [0.3, 0.4) is 0 Å². The van der Waals surface area contributed by atoms with Gasteiger partial charge in [-0.2, -0.15) is 0 Å². The summed E-state index contributed by atoms with van der Waals surface area (Å²) in [7, 11) is 0. The topological polar surface area (TPSA) is 141 Å². The molecule has 1 aromatic heterocycles. The van der Waals surface area contributed by atoms with Crippen LogP contribution in [0.25, 0.3) is 0 Å². The number of rotatable bonds is 3. The van der Waals surface area contributed by atoms with Gasteiger partial charge in [-0.15, -0.1) is 0 Å². The van der Waals surface area contributed by atoms with Crippen LogP contribution in [0, 0.1) is 10.8 Å². The van der Waals surface area contributed by atoms with Crippen molar-refractivity contribution >= 4 is 45.5 Å². The minimum Gasteiger partial charge on any atom is -0.444 e. The fourth-order valence-corrected chi connectivity index (χ4v) is 3.33. The van der Waals surface area contributed by atoms with Crippen LogP contribution in [0.15, 0.2) is 0 Å². The molecular weight excluding hydrogens is 402 g/mol. The highest BCUT2D eigenvalue weighted by molar-refractivity contribution is 8.26. The first-order valence-corrected chi connectivity index (χ1v) is 10.1. The molecule has 0 saturated heterocycles. The van der Waals surface area contributed by atoms with Crippen molar-refractivity contribution in [2.24, 2.45) is 5.73 Å². The normalized spacial score (nSPS) is 15.2. The number of aromatic nitrogens is 2. The second kappa shape index (κ2) is 8.95. The van der Waals surface area contributed by atoms with Crippen molar-refractivity contribution in [2.45, 2.75) is 52.2 Å². The largest absolute Gasteiger partial charge is 0.444 e.